The van der Waals surface area contributed by atoms with Gasteiger partial charge in [0.25, 0.3) is 0 Å². The first-order valence-corrected chi connectivity index (χ1v) is 5.33. The summed E-state index contributed by atoms with van der Waals surface area (Å²) in [5.74, 6) is 0. The largest absolute Gasteiger partial charge is 0.600 e. The molecule has 1 N–H and O–H groups in total. The summed E-state index contributed by atoms with van der Waals surface area (Å²) in [7, 11) is 0. The van der Waals surface area contributed by atoms with Gasteiger partial charge in [0.15, 0.2) is 6.20 Å². The molecule has 0 fully saturated rings. The zero-order chi connectivity index (χ0) is 11.8. The zero-order valence-corrected chi connectivity index (χ0v) is 9.00. The molecule has 0 aliphatic heterocycles. The van der Waals surface area contributed by atoms with Gasteiger partial charge in [-0.25, -0.2) is 0 Å². The van der Waals surface area contributed by atoms with E-state index in [9.17, 15) is 9.90 Å². The van der Waals surface area contributed by atoms with Crippen LogP contribution in [0, 0.1) is 0 Å². The lowest BCUT2D eigenvalue weighted by molar-refractivity contribution is -0.555. The molecule has 0 saturated heterocycles. The molecule has 0 aliphatic carbocycles. The van der Waals surface area contributed by atoms with Crippen LogP contribution in [0.1, 0.15) is 0 Å². The SMILES string of the molecule is O=C(O)[n+]1cc2ccccc2c2ccccc21. The van der Waals surface area contributed by atoms with Crippen LogP contribution in [0.4, 0.5) is 4.79 Å². The second kappa shape index (κ2) is 3.56. The molecule has 0 radical (unpaired) electrons. The molecule has 0 amide bonds. The van der Waals surface area contributed by atoms with Crippen molar-refractivity contribution >= 4 is 27.8 Å². The quantitative estimate of drug-likeness (QED) is 0.471. The number of fused-ring (bicyclic) bond motifs is 3. The van der Waals surface area contributed by atoms with Crippen LogP contribution < -0.4 is 4.57 Å². The standard InChI is InChI=1S/C14H9NO2/c16-14(17)15-9-10-5-1-2-6-11(10)12-7-3-4-8-13(12)15/h1-9H/p+1. The summed E-state index contributed by atoms with van der Waals surface area (Å²) in [5, 5.41) is 12.2. The molecule has 3 nitrogen and oxygen atoms in total. The van der Waals surface area contributed by atoms with Crippen LogP contribution in [-0.4, -0.2) is 11.2 Å². The Hall–Kier alpha value is -2.42. The molecule has 3 aromatic rings. The Balaban J connectivity index is 2.59. The van der Waals surface area contributed by atoms with E-state index in [1.807, 2.05) is 48.5 Å². The van der Waals surface area contributed by atoms with E-state index in [4.69, 9.17) is 0 Å². The van der Waals surface area contributed by atoms with Gasteiger partial charge in [-0.1, -0.05) is 34.9 Å². The van der Waals surface area contributed by atoms with Crippen molar-refractivity contribution in [2.45, 2.75) is 0 Å². The van der Waals surface area contributed by atoms with Gasteiger partial charge in [0.2, 0.25) is 5.52 Å². The number of carboxylic acid groups (broad SMARTS) is 1. The Morgan fingerprint density at radius 2 is 1.59 bits per heavy atom. The van der Waals surface area contributed by atoms with E-state index in [1.165, 1.54) is 4.57 Å². The smallest absolute Gasteiger partial charge is 0.427 e. The first-order valence-electron chi connectivity index (χ1n) is 5.33. The van der Waals surface area contributed by atoms with Crippen LogP contribution >= 0.6 is 0 Å². The fraction of sp³-hybridized carbons (Fsp3) is 0. The predicted molar refractivity (Wildman–Crippen MR) is 65.1 cm³/mol. The average Bonchev–Trinajstić information content (AvgIpc) is 2.37. The number of aromatic nitrogens is 1. The van der Waals surface area contributed by atoms with Gasteiger partial charge in [0.1, 0.15) is 0 Å². The van der Waals surface area contributed by atoms with Crippen LogP contribution in [-0.2, 0) is 0 Å². The van der Waals surface area contributed by atoms with Crippen LogP contribution in [0.3, 0.4) is 0 Å². The minimum Gasteiger partial charge on any atom is -0.427 e. The van der Waals surface area contributed by atoms with Crippen molar-refractivity contribution in [3.63, 3.8) is 0 Å². The normalized spacial score (nSPS) is 10.8. The van der Waals surface area contributed by atoms with Crippen molar-refractivity contribution in [1.82, 2.24) is 0 Å². The number of para-hydroxylation sites is 1. The van der Waals surface area contributed by atoms with Crippen LogP contribution in [0.2, 0.25) is 0 Å². The number of carbonyl (C=O) groups is 1. The van der Waals surface area contributed by atoms with E-state index in [-0.39, 0.29) is 0 Å². The van der Waals surface area contributed by atoms with Gasteiger partial charge < -0.3 is 5.11 Å². The summed E-state index contributed by atoms with van der Waals surface area (Å²) in [5.41, 5.74) is 0.707. The second-order valence-electron chi connectivity index (χ2n) is 3.89. The molecular formula is C14H10NO2+. The molecule has 82 valence electrons. The van der Waals surface area contributed by atoms with Gasteiger partial charge >= 0.3 is 6.09 Å². The molecule has 1 heterocycles. The van der Waals surface area contributed by atoms with E-state index in [2.05, 4.69) is 0 Å². The highest BCUT2D eigenvalue weighted by Crippen LogP contribution is 2.21. The van der Waals surface area contributed by atoms with Crippen molar-refractivity contribution in [3.05, 3.63) is 54.7 Å². The molecule has 0 bridgehead atoms. The summed E-state index contributed by atoms with van der Waals surface area (Å²) in [6.07, 6.45) is 0.687. The van der Waals surface area contributed by atoms with Gasteiger partial charge in [-0.15, -0.1) is 0 Å². The number of hydrogen-bond acceptors (Lipinski definition) is 1. The highest BCUT2D eigenvalue weighted by molar-refractivity contribution is 6.04. The van der Waals surface area contributed by atoms with Crippen molar-refractivity contribution in [3.8, 4) is 0 Å². The number of rotatable bonds is 0. The Morgan fingerprint density at radius 3 is 2.35 bits per heavy atom. The Bertz CT molecular complexity index is 734. The number of nitrogens with zero attached hydrogens (tertiary/aromatic N) is 1. The number of hydrogen-bond donors (Lipinski definition) is 1. The minimum atomic E-state index is -0.966. The fourth-order valence-corrected chi connectivity index (χ4v) is 2.13. The lowest BCUT2D eigenvalue weighted by Gasteiger charge is -2.01. The van der Waals surface area contributed by atoms with Crippen molar-refractivity contribution in [1.29, 1.82) is 0 Å². The maximum absolute atomic E-state index is 11.2. The summed E-state index contributed by atoms with van der Waals surface area (Å²) >= 11 is 0. The first kappa shape index (κ1) is 9.78. The van der Waals surface area contributed by atoms with E-state index < -0.39 is 6.09 Å². The molecule has 0 unspecified atom stereocenters. The van der Waals surface area contributed by atoms with Crippen molar-refractivity contribution in [2.75, 3.05) is 0 Å². The third-order valence-electron chi connectivity index (χ3n) is 2.89. The third-order valence-corrected chi connectivity index (χ3v) is 2.89. The topological polar surface area (TPSA) is 41.2 Å². The highest BCUT2D eigenvalue weighted by atomic mass is 16.4. The molecule has 0 spiro atoms. The molecule has 17 heavy (non-hydrogen) atoms. The van der Waals surface area contributed by atoms with E-state index >= 15 is 0 Å². The Kier molecular flexibility index (Phi) is 2.05. The highest BCUT2D eigenvalue weighted by Gasteiger charge is 2.18. The Morgan fingerprint density at radius 1 is 0.941 bits per heavy atom. The number of benzene rings is 2. The lowest BCUT2D eigenvalue weighted by atomic mass is 10.1. The van der Waals surface area contributed by atoms with Crippen LogP contribution in [0.15, 0.2) is 54.7 Å². The molecule has 0 aliphatic rings. The third kappa shape index (κ3) is 1.44. The predicted octanol–water partition coefficient (Wildman–Crippen LogP) is 2.81. The van der Waals surface area contributed by atoms with Gasteiger partial charge in [-0.05, 0) is 12.1 Å². The minimum absolute atomic E-state index is 0.707. The Labute approximate surface area is 97.5 Å². The number of pyridine rings is 1. The summed E-state index contributed by atoms with van der Waals surface area (Å²) in [6.45, 7) is 0. The molecule has 3 rings (SSSR count). The molecule has 0 saturated carbocycles. The molecule has 1 aromatic heterocycles. The second-order valence-corrected chi connectivity index (χ2v) is 3.89. The zero-order valence-electron chi connectivity index (χ0n) is 9.00. The van der Waals surface area contributed by atoms with E-state index in [0.717, 1.165) is 16.2 Å². The van der Waals surface area contributed by atoms with Gasteiger partial charge in [0.05, 0.1) is 5.39 Å². The summed E-state index contributed by atoms with van der Waals surface area (Å²) < 4.78 is 1.26. The summed E-state index contributed by atoms with van der Waals surface area (Å²) in [4.78, 5) is 11.2. The van der Waals surface area contributed by atoms with Crippen LogP contribution in [0.5, 0.6) is 0 Å². The van der Waals surface area contributed by atoms with Crippen molar-refractivity contribution < 1.29 is 14.5 Å². The molecule has 2 aromatic carbocycles. The fourth-order valence-electron chi connectivity index (χ4n) is 2.13. The first-order chi connectivity index (χ1) is 8.27. The van der Waals surface area contributed by atoms with Gasteiger partial charge in [-0.3, -0.25) is 0 Å². The van der Waals surface area contributed by atoms with E-state index in [1.54, 1.807) is 6.20 Å². The molecular weight excluding hydrogens is 214 g/mol. The molecule has 3 heteroatoms. The lowest BCUT2D eigenvalue weighted by Crippen LogP contribution is -2.41. The maximum Gasteiger partial charge on any atom is 0.600 e. The van der Waals surface area contributed by atoms with Crippen molar-refractivity contribution in [2.24, 2.45) is 0 Å². The monoisotopic (exact) mass is 224 g/mol. The summed E-state index contributed by atoms with van der Waals surface area (Å²) in [6, 6.07) is 15.3. The maximum atomic E-state index is 11.2. The van der Waals surface area contributed by atoms with E-state index in [0.29, 0.717) is 5.52 Å². The average molecular weight is 224 g/mol. The van der Waals surface area contributed by atoms with Gasteiger partial charge in [0, 0.05) is 16.8 Å². The molecule has 0 atom stereocenters. The van der Waals surface area contributed by atoms with Gasteiger partial charge in [-0.2, -0.15) is 4.79 Å². The van der Waals surface area contributed by atoms with Crippen LogP contribution in [0.25, 0.3) is 21.7 Å².